The third-order valence-electron chi connectivity index (χ3n) is 5.16. The maximum absolute atomic E-state index is 12.9. The number of amides is 2. The molecule has 2 aliphatic rings. The van der Waals surface area contributed by atoms with E-state index in [0.29, 0.717) is 36.6 Å². The van der Waals surface area contributed by atoms with Crippen LogP contribution >= 0.6 is 11.6 Å². The Hall–Kier alpha value is -2.27. The van der Waals surface area contributed by atoms with Crippen LogP contribution in [0.3, 0.4) is 0 Å². The maximum Gasteiger partial charge on any atom is 0.270 e. The summed E-state index contributed by atoms with van der Waals surface area (Å²) in [7, 11) is 0. The fourth-order valence-corrected chi connectivity index (χ4v) is 3.94. The van der Waals surface area contributed by atoms with Crippen LogP contribution in [0, 0.1) is 5.92 Å². The third-order valence-corrected chi connectivity index (χ3v) is 5.38. The van der Waals surface area contributed by atoms with Crippen LogP contribution in [0.25, 0.3) is 0 Å². The summed E-state index contributed by atoms with van der Waals surface area (Å²) in [5.74, 6) is 0.131. The van der Waals surface area contributed by atoms with E-state index in [4.69, 9.17) is 11.6 Å². The molecule has 2 aromatic rings. The molecule has 0 saturated carbocycles. The molecule has 25 heavy (non-hydrogen) atoms. The Kier molecular flexibility index (Phi) is 4.25. The smallest absolute Gasteiger partial charge is 0.270 e. The second kappa shape index (κ2) is 6.56. The molecular formula is C19H20ClN3O2. The maximum atomic E-state index is 12.9. The molecule has 4 rings (SSSR count). The van der Waals surface area contributed by atoms with Gasteiger partial charge >= 0.3 is 0 Å². The average Bonchev–Trinajstić information content (AvgIpc) is 3.27. The average molecular weight is 358 g/mol. The zero-order valence-electron chi connectivity index (χ0n) is 13.9. The van der Waals surface area contributed by atoms with Gasteiger partial charge in [0.05, 0.1) is 5.02 Å². The molecule has 1 N–H and O–H groups in total. The summed E-state index contributed by atoms with van der Waals surface area (Å²) in [5.41, 5.74) is 2.79. The van der Waals surface area contributed by atoms with Crippen molar-refractivity contribution in [1.29, 1.82) is 0 Å². The number of fused-ring (bicyclic) bond motifs is 1. The molecule has 0 atom stereocenters. The molecular weight excluding hydrogens is 338 g/mol. The number of para-hydroxylation sites is 1. The van der Waals surface area contributed by atoms with E-state index in [1.165, 1.54) is 5.56 Å². The molecule has 0 radical (unpaired) electrons. The van der Waals surface area contributed by atoms with Crippen LogP contribution in [0.2, 0.25) is 5.02 Å². The van der Waals surface area contributed by atoms with Gasteiger partial charge in [-0.25, -0.2) is 0 Å². The lowest BCUT2D eigenvalue weighted by Crippen LogP contribution is -2.44. The van der Waals surface area contributed by atoms with Gasteiger partial charge in [-0.15, -0.1) is 0 Å². The van der Waals surface area contributed by atoms with Crippen LogP contribution in [0.15, 0.2) is 36.5 Å². The van der Waals surface area contributed by atoms with E-state index in [-0.39, 0.29) is 17.7 Å². The van der Waals surface area contributed by atoms with E-state index in [0.717, 1.165) is 18.7 Å². The molecule has 130 valence electrons. The van der Waals surface area contributed by atoms with Crippen molar-refractivity contribution in [3.63, 3.8) is 0 Å². The van der Waals surface area contributed by atoms with Gasteiger partial charge in [0.25, 0.3) is 5.91 Å². The molecule has 1 saturated heterocycles. The number of benzene rings is 1. The van der Waals surface area contributed by atoms with E-state index < -0.39 is 0 Å². The van der Waals surface area contributed by atoms with Crippen molar-refractivity contribution in [2.45, 2.75) is 19.3 Å². The third kappa shape index (κ3) is 3.04. The molecule has 2 aliphatic heterocycles. The normalized spacial score (nSPS) is 17.6. The summed E-state index contributed by atoms with van der Waals surface area (Å²) in [4.78, 5) is 32.0. The van der Waals surface area contributed by atoms with Gasteiger partial charge in [-0.2, -0.15) is 0 Å². The number of aromatic amines is 1. The molecule has 1 aromatic heterocycles. The van der Waals surface area contributed by atoms with Crippen LogP contribution in [-0.4, -0.2) is 41.3 Å². The molecule has 6 heteroatoms. The standard InChI is InChI=1S/C19H20ClN3O2/c20-15-11-16(21-12-15)19(25)22-8-5-14(6-9-22)18(24)23-10-7-13-3-1-2-4-17(13)23/h1-4,11-12,14,21H,5-10H2. The number of nitrogens with one attached hydrogen (secondary N) is 1. The van der Waals surface area contributed by atoms with Gasteiger partial charge < -0.3 is 14.8 Å². The molecule has 0 bridgehead atoms. The van der Waals surface area contributed by atoms with E-state index in [9.17, 15) is 9.59 Å². The summed E-state index contributed by atoms with van der Waals surface area (Å²) < 4.78 is 0. The monoisotopic (exact) mass is 357 g/mol. The van der Waals surface area contributed by atoms with Crippen LogP contribution in [-0.2, 0) is 11.2 Å². The first-order chi connectivity index (χ1) is 12.1. The largest absolute Gasteiger partial charge is 0.356 e. The van der Waals surface area contributed by atoms with Crippen molar-refractivity contribution in [1.82, 2.24) is 9.88 Å². The van der Waals surface area contributed by atoms with Crippen molar-refractivity contribution in [3.8, 4) is 0 Å². The predicted molar refractivity (Wildman–Crippen MR) is 96.9 cm³/mol. The molecule has 0 aliphatic carbocycles. The van der Waals surface area contributed by atoms with E-state index in [2.05, 4.69) is 11.1 Å². The molecule has 0 unspecified atom stereocenters. The molecule has 2 amide bonds. The van der Waals surface area contributed by atoms with Gasteiger partial charge in [0, 0.05) is 37.4 Å². The number of rotatable bonds is 2. The number of anilines is 1. The minimum Gasteiger partial charge on any atom is -0.356 e. The minimum atomic E-state index is -0.0516. The highest BCUT2D eigenvalue weighted by atomic mass is 35.5. The van der Waals surface area contributed by atoms with Crippen molar-refractivity contribution in [2.75, 3.05) is 24.5 Å². The summed E-state index contributed by atoms with van der Waals surface area (Å²) in [6.45, 7) is 1.96. The number of carbonyl (C=O) groups is 2. The van der Waals surface area contributed by atoms with Crippen LogP contribution in [0.5, 0.6) is 0 Å². The number of halogens is 1. The van der Waals surface area contributed by atoms with E-state index >= 15 is 0 Å². The van der Waals surface area contributed by atoms with E-state index in [1.807, 2.05) is 23.1 Å². The predicted octanol–water partition coefficient (Wildman–Crippen LogP) is 3.11. The van der Waals surface area contributed by atoms with Crippen LogP contribution in [0.4, 0.5) is 5.69 Å². The Morgan fingerprint density at radius 1 is 1.12 bits per heavy atom. The molecule has 3 heterocycles. The first-order valence-corrected chi connectivity index (χ1v) is 9.04. The van der Waals surface area contributed by atoms with Gasteiger partial charge in [-0.05, 0) is 37.0 Å². The zero-order valence-corrected chi connectivity index (χ0v) is 14.6. The Bertz CT molecular complexity index is 809. The number of hydrogen-bond donors (Lipinski definition) is 1. The van der Waals surface area contributed by atoms with Crippen molar-refractivity contribution in [3.05, 3.63) is 52.8 Å². The highest BCUT2D eigenvalue weighted by molar-refractivity contribution is 6.30. The molecule has 0 spiro atoms. The Morgan fingerprint density at radius 2 is 1.88 bits per heavy atom. The first kappa shape index (κ1) is 16.2. The number of nitrogens with zero attached hydrogens (tertiary/aromatic N) is 2. The topological polar surface area (TPSA) is 56.4 Å². The van der Waals surface area contributed by atoms with Gasteiger partial charge in [0.2, 0.25) is 5.91 Å². The number of likely N-dealkylation sites (tertiary alicyclic amines) is 1. The fraction of sp³-hybridized carbons (Fsp3) is 0.368. The lowest BCUT2D eigenvalue weighted by molar-refractivity contribution is -0.123. The number of H-pyrrole nitrogens is 1. The second-order valence-electron chi connectivity index (χ2n) is 6.67. The van der Waals surface area contributed by atoms with Gasteiger partial charge in [-0.1, -0.05) is 29.8 Å². The lowest BCUT2D eigenvalue weighted by Gasteiger charge is -2.33. The summed E-state index contributed by atoms with van der Waals surface area (Å²) >= 11 is 5.87. The number of carbonyl (C=O) groups excluding carboxylic acids is 2. The first-order valence-electron chi connectivity index (χ1n) is 8.66. The van der Waals surface area contributed by atoms with Gasteiger partial charge in [0.1, 0.15) is 5.69 Å². The molecule has 1 fully saturated rings. The van der Waals surface area contributed by atoms with Crippen molar-refractivity contribution < 1.29 is 9.59 Å². The number of hydrogen-bond acceptors (Lipinski definition) is 2. The highest BCUT2D eigenvalue weighted by Gasteiger charge is 2.33. The lowest BCUT2D eigenvalue weighted by atomic mass is 9.95. The van der Waals surface area contributed by atoms with Gasteiger partial charge in [0.15, 0.2) is 0 Å². The number of piperidine rings is 1. The fourth-order valence-electron chi connectivity index (χ4n) is 3.78. The van der Waals surface area contributed by atoms with Crippen molar-refractivity contribution >= 4 is 29.1 Å². The highest BCUT2D eigenvalue weighted by Crippen LogP contribution is 2.31. The Labute approximate surface area is 151 Å². The molecule has 5 nitrogen and oxygen atoms in total. The number of aromatic nitrogens is 1. The summed E-state index contributed by atoms with van der Waals surface area (Å²) in [6.07, 6.45) is 3.94. The summed E-state index contributed by atoms with van der Waals surface area (Å²) in [6, 6.07) is 9.75. The van der Waals surface area contributed by atoms with Crippen LogP contribution < -0.4 is 4.90 Å². The minimum absolute atomic E-state index is 0.0116. The SMILES string of the molecule is O=C(c1cc(Cl)c[nH]1)N1CCC(C(=O)N2CCc3ccccc32)CC1. The molecule has 1 aromatic carbocycles. The quantitative estimate of drug-likeness (QED) is 0.897. The van der Waals surface area contributed by atoms with E-state index in [1.54, 1.807) is 17.2 Å². The van der Waals surface area contributed by atoms with Crippen molar-refractivity contribution in [2.24, 2.45) is 5.92 Å². The zero-order chi connectivity index (χ0) is 17.4. The summed E-state index contributed by atoms with van der Waals surface area (Å²) in [5, 5.41) is 0.529. The second-order valence-corrected chi connectivity index (χ2v) is 7.10. The Balaban J connectivity index is 1.39. The van der Waals surface area contributed by atoms with Crippen LogP contribution in [0.1, 0.15) is 28.9 Å². The van der Waals surface area contributed by atoms with Gasteiger partial charge in [-0.3, -0.25) is 9.59 Å². The Morgan fingerprint density at radius 3 is 2.60 bits per heavy atom.